The number of aliphatic hydroxyl groups is 1. The minimum atomic E-state index is -0.860. The monoisotopic (exact) mass is 214 g/mol. The van der Waals surface area contributed by atoms with E-state index in [0.717, 1.165) is 12.8 Å². The fourth-order valence-corrected chi connectivity index (χ4v) is 2.54. The van der Waals surface area contributed by atoms with Crippen molar-refractivity contribution in [1.29, 1.82) is 0 Å². The van der Waals surface area contributed by atoms with Crippen molar-refractivity contribution >= 4 is 5.97 Å². The number of hydrogen-bond donors (Lipinski definition) is 2. The lowest BCUT2D eigenvalue weighted by molar-refractivity contribution is -0.146. The van der Waals surface area contributed by atoms with E-state index in [1.807, 2.05) is 6.92 Å². The summed E-state index contributed by atoms with van der Waals surface area (Å²) >= 11 is 0. The van der Waals surface area contributed by atoms with Crippen LogP contribution < -0.4 is 0 Å². The Bertz CT molecular complexity index is 197. The van der Waals surface area contributed by atoms with Crippen molar-refractivity contribution < 1.29 is 15.0 Å². The molecule has 0 spiro atoms. The van der Waals surface area contributed by atoms with E-state index < -0.39 is 18.0 Å². The molecule has 1 aliphatic carbocycles. The fourth-order valence-electron chi connectivity index (χ4n) is 2.54. The third-order valence-electron chi connectivity index (χ3n) is 3.52. The first-order valence-corrected chi connectivity index (χ1v) is 6.06. The van der Waals surface area contributed by atoms with Crippen LogP contribution in [0.4, 0.5) is 0 Å². The van der Waals surface area contributed by atoms with Crippen LogP contribution in [0.1, 0.15) is 51.9 Å². The first-order valence-electron chi connectivity index (χ1n) is 6.06. The SMILES string of the molecule is CCC(C(=O)O)C(O)CC1CCCCC1. The highest BCUT2D eigenvalue weighted by atomic mass is 16.4. The van der Waals surface area contributed by atoms with Gasteiger partial charge in [-0.3, -0.25) is 4.79 Å². The summed E-state index contributed by atoms with van der Waals surface area (Å²) < 4.78 is 0. The van der Waals surface area contributed by atoms with Crippen molar-refractivity contribution in [3.63, 3.8) is 0 Å². The van der Waals surface area contributed by atoms with E-state index in [2.05, 4.69) is 0 Å². The Kier molecular flexibility index (Phi) is 5.09. The molecule has 0 aromatic rings. The van der Waals surface area contributed by atoms with E-state index in [1.165, 1.54) is 19.3 Å². The van der Waals surface area contributed by atoms with Gasteiger partial charge in [0.2, 0.25) is 0 Å². The molecule has 0 radical (unpaired) electrons. The van der Waals surface area contributed by atoms with Crippen molar-refractivity contribution in [2.24, 2.45) is 11.8 Å². The van der Waals surface area contributed by atoms with Crippen LogP contribution in [0.3, 0.4) is 0 Å². The Morgan fingerprint density at radius 1 is 1.33 bits per heavy atom. The lowest BCUT2D eigenvalue weighted by Gasteiger charge is -2.26. The average Bonchev–Trinajstić information content (AvgIpc) is 2.19. The van der Waals surface area contributed by atoms with Gasteiger partial charge in [-0.2, -0.15) is 0 Å². The predicted octanol–water partition coefficient (Wildman–Crippen LogP) is 2.43. The first kappa shape index (κ1) is 12.5. The largest absolute Gasteiger partial charge is 0.481 e. The number of carboxylic acids is 1. The zero-order chi connectivity index (χ0) is 11.3. The Hall–Kier alpha value is -0.570. The van der Waals surface area contributed by atoms with Crippen LogP contribution in [-0.2, 0) is 4.79 Å². The van der Waals surface area contributed by atoms with Gasteiger partial charge in [0.25, 0.3) is 0 Å². The molecule has 2 unspecified atom stereocenters. The summed E-state index contributed by atoms with van der Waals surface area (Å²) in [5.74, 6) is -0.894. The third-order valence-corrected chi connectivity index (χ3v) is 3.52. The zero-order valence-corrected chi connectivity index (χ0v) is 9.48. The molecule has 15 heavy (non-hydrogen) atoms. The van der Waals surface area contributed by atoms with Gasteiger partial charge in [-0.1, -0.05) is 39.0 Å². The number of rotatable bonds is 5. The van der Waals surface area contributed by atoms with Crippen LogP contribution in [-0.4, -0.2) is 22.3 Å². The maximum atomic E-state index is 10.9. The second-order valence-electron chi connectivity index (χ2n) is 4.66. The van der Waals surface area contributed by atoms with Gasteiger partial charge in [-0.15, -0.1) is 0 Å². The lowest BCUT2D eigenvalue weighted by Crippen LogP contribution is -2.30. The topological polar surface area (TPSA) is 57.5 Å². The fraction of sp³-hybridized carbons (Fsp3) is 0.917. The van der Waals surface area contributed by atoms with Crippen molar-refractivity contribution in [3.05, 3.63) is 0 Å². The zero-order valence-electron chi connectivity index (χ0n) is 9.48. The van der Waals surface area contributed by atoms with Gasteiger partial charge in [0.15, 0.2) is 0 Å². The standard InChI is InChI=1S/C12H22O3/c1-2-10(12(14)15)11(13)8-9-6-4-3-5-7-9/h9-11,13H,2-8H2,1H3,(H,14,15). The molecule has 88 valence electrons. The van der Waals surface area contributed by atoms with Gasteiger partial charge in [-0.25, -0.2) is 0 Å². The molecule has 0 heterocycles. The van der Waals surface area contributed by atoms with Gasteiger partial charge in [0.1, 0.15) is 0 Å². The van der Waals surface area contributed by atoms with Gasteiger partial charge in [0, 0.05) is 0 Å². The number of carboxylic acid groups (broad SMARTS) is 1. The molecule has 1 rings (SSSR count). The number of aliphatic carboxylic acids is 1. The van der Waals surface area contributed by atoms with Crippen LogP contribution in [0.15, 0.2) is 0 Å². The summed E-state index contributed by atoms with van der Waals surface area (Å²) in [5.41, 5.74) is 0. The van der Waals surface area contributed by atoms with E-state index >= 15 is 0 Å². The second kappa shape index (κ2) is 6.11. The summed E-state index contributed by atoms with van der Waals surface area (Å²) in [5, 5.41) is 18.8. The molecule has 2 N–H and O–H groups in total. The molecule has 0 bridgehead atoms. The highest BCUT2D eigenvalue weighted by Crippen LogP contribution is 2.29. The molecule has 3 nitrogen and oxygen atoms in total. The normalized spacial score (nSPS) is 22.3. The molecule has 3 heteroatoms. The first-order chi connectivity index (χ1) is 7.15. The maximum absolute atomic E-state index is 10.9. The lowest BCUT2D eigenvalue weighted by atomic mass is 9.82. The molecule has 0 aliphatic heterocycles. The van der Waals surface area contributed by atoms with E-state index in [9.17, 15) is 9.90 Å². The van der Waals surface area contributed by atoms with E-state index in [0.29, 0.717) is 18.8 Å². The van der Waals surface area contributed by atoms with Gasteiger partial charge in [-0.05, 0) is 18.8 Å². The van der Waals surface area contributed by atoms with Gasteiger partial charge >= 0.3 is 5.97 Å². The molecule has 0 aromatic carbocycles. The highest BCUT2D eigenvalue weighted by Gasteiger charge is 2.27. The average molecular weight is 214 g/mol. The quantitative estimate of drug-likeness (QED) is 0.739. The predicted molar refractivity (Wildman–Crippen MR) is 58.6 cm³/mol. The summed E-state index contributed by atoms with van der Waals surface area (Å²) in [6.45, 7) is 1.82. The van der Waals surface area contributed by atoms with Crippen LogP contribution >= 0.6 is 0 Å². The number of carbonyl (C=O) groups is 1. The summed E-state index contributed by atoms with van der Waals surface area (Å²) in [7, 11) is 0. The van der Waals surface area contributed by atoms with E-state index in [1.54, 1.807) is 0 Å². The minimum Gasteiger partial charge on any atom is -0.481 e. The second-order valence-corrected chi connectivity index (χ2v) is 4.66. The van der Waals surface area contributed by atoms with Crippen molar-refractivity contribution in [2.75, 3.05) is 0 Å². The minimum absolute atomic E-state index is 0.517. The summed E-state index contributed by atoms with van der Waals surface area (Å²) in [6.07, 6.45) is 6.62. The molecular weight excluding hydrogens is 192 g/mol. The van der Waals surface area contributed by atoms with E-state index in [4.69, 9.17) is 5.11 Å². The maximum Gasteiger partial charge on any atom is 0.309 e. The molecule has 0 aromatic heterocycles. The molecule has 2 atom stereocenters. The van der Waals surface area contributed by atoms with Crippen molar-refractivity contribution in [3.8, 4) is 0 Å². The smallest absolute Gasteiger partial charge is 0.309 e. The third kappa shape index (κ3) is 3.82. The van der Waals surface area contributed by atoms with Gasteiger partial charge < -0.3 is 10.2 Å². The molecule has 1 fully saturated rings. The van der Waals surface area contributed by atoms with Gasteiger partial charge in [0.05, 0.1) is 12.0 Å². The summed E-state index contributed by atoms with van der Waals surface area (Å²) in [4.78, 5) is 10.9. The Morgan fingerprint density at radius 3 is 2.40 bits per heavy atom. The Labute approximate surface area is 91.5 Å². The molecule has 0 saturated heterocycles. The Morgan fingerprint density at radius 2 is 1.93 bits per heavy atom. The van der Waals surface area contributed by atoms with Crippen LogP contribution in [0.25, 0.3) is 0 Å². The molecule has 1 aliphatic rings. The van der Waals surface area contributed by atoms with Crippen molar-refractivity contribution in [1.82, 2.24) is 0 Å². The van der Waals surface area contributed by atoms with Crippen LogP contribution in [0.2, 0.25) is 0 Å². The number of hydrogen-bond acceptors (Lipinski definition) is 2. The van der Waals surface area contributed by atoms with E-state index in [-0.39, 0.29) is 0 Å². The van der Waals surface area contributed by atoms with Crippen LogP contribution in [0, 0.1) is 11.8 Å². The molecule has 1 saturated carbocycles. The summed E-state index contributed by atoms with van der Waals surface area (Å²) in [6, 6.07) is 0. The molecule has 0 amide bonds. The van der Waals surface area contributed by atoms with Crippen molar-refractivity contribution in [2.45, 2.75) is 58.0 Å². The Balaban J connectivity index is 2.38. The number of aliphatic hydroxyl groups excluding tert-OH is 1. The molecular formula is C12H22O3. The highest BCUT2D eigenvalue weighted by molar-refractivity contribution is 5.70. The van der Waals surface area contributed by atoms with Crippen LogP contribution in [0.5, 0.6) is 0 Å².